The molecular formula is C14H18N6O. The van der Waals surface area contributed by atoms with Crippen molar-refractivity contribution in [1.82, 2.24) is 25.1 Å². The van der Waals surface area contributed by atoms with Crippen LogP contribution in [0.2, 0.25) is 0 Å². The van der Waals surface area contributed by atoms with Crippen molar-refractivity contribution in [3.63, 3.8) is 0 Å². The first-order valence-electron chi connectivity index (χ1n) is 6.94. The van der Waals surface area contributed by atoms with Crippen LogP contribution in [0.25, 0.3) is 0 Å². The summed E-state index contributed by atoms with van der Waals surface area (Å²) in [4.78, 5) is 20.3. The maximum absolute atomic E-state index is 12.1. The van der Waals surface area contributed by atoms with Gasteiger partial charge < -0.3 is 11.1 Å². The Morgan fingerprint density at radius 1 is 1.52 bits per heavy atom. The van der Waals surface area contributed by atoms with Crippen molar-refractivity contribution in [2.75, 3.05) is 5.73 Å². The average molecular weight is 286 g/mol. The van der Waals surface area contributed by atoms with Crippen molar-refractivity contribution < 1.29 is 4.79 Å². The molecule has 1 fully saturated rings. The van der Waals surface area contributed by atoms with Gasteiger partial charge in [0, 0.05) is 37.0 Å². The molecule has 1 saturated carbocycles. The highest BCUT2D eigenvalue weighted by molar-refractivity contribution is 5.92. The van der Waals surface area contributed by atoms with Crippen molar-refractivity contribution in [3.05, 3.63) is 35.0 Å². The first kappa shape index (κ1) is 13.5. The molecule has 1 amide bonds. The highest BCUT2D eigenvalue weighted by Crippen LogP contribution is 2.39. The number of carbonyl (C=O) groups is 1. The van der Waals surface area contributed by atoms with Crippen LogP contribution < -0.4 is 11.1 Å². The van der Waals surface area contributed by atoms with Gasteiger partial charge in [-0.3, -0.25) is 9.48 Å². The zero-order valence-electron chi connectivity index (χ0n) is 12.1. The number of nitrogens with two attached hydrogens (primary N) is 1. The average Bonchev–Trinajstić information content (AvgIpc) is 3.20. The molecule has 0 radical (unpaired) electrons. The largest absolute Gasteiger partial charge is 0.383 e. The van der Waals surface area contributed by atoms with Gasteiger partial charge >= 0.3 is 0 Å². The lowest BCUT2D eigenvalue weighted by Gasteiger charge is -2.06. The first-order chi connectivity index (χ1) is 10.0. The number of hydrogen-bond donors (Lipinski definition) is 2. The second-order valence-electron chi connectivity index (χ2n) is 5.36. The predicted molar refractivity (Wildman–Crippen MR) is 77.5 cm³/mol. The van der Waals surface area contributed by atoms with Crippen LogP contribution in [0.1, 0.15) is 46.3 Å². The molecule has 2 aromatic heterocycles. The number of carbonyl (C=O) groups excluding carboxylic acids is 1. The molecule has 1 aliphatic carbocycles. The number of nitrogens with zero attached hydrogens (tertiary/aromatic N) is 4. The predicted octanol–water partition coefficient (Wildman–Crippen LogP) is 0.908. The fraction of sp³-hybridized carbons (Fsp3) is 0.429. The molecule has 7 nitrogen and oxygen atoms in total. The Hall–Kier alpha value is -2.44. The summed E-state index contributed by atoms with van der Waals surface area (Å²) in [5, 5.41) is 7.06. The highest BCUT2D eigenvalue weighted by Gasteiger charge is 2.28. The van der Waals surface area contributed by atoms with Crippen LogP contribution in [0.4, 0.5) is 5.82 Å². The van der Waals surface area contributed by atoms with Gasteiger partial charge in [-0.2, -0.15) is 5.10 Å². The second-order valence-corrected chi connectivity index (χ2v) is 5.36. The van der Waals surface area contributed by atoms with E-state index in [0.717, 1.165) is 5.69 Å². The third-order valence-electron chi connectivity index (χ3n) is 3.60. The number of anilines is 1. The molecule has 110 valence electrons. The van der Waals surface area contributed by atoms with E-state index in [0.29, 0.717) is 35.4 Å². The molecule has 2 aromatic rings. The SMILES string of the molecule is Cc1ncc(CNC(=O)c2cc(C3CC3)n(C)n2)c(N)n1. The van der Waals surface area contributed by atoms with E-state index in [2.05, 4.69) is 20.4 Å². The maximum Gasteiger partial charge on any atom is 0.272 e. The van der Waals surface area contributed by atoms with E-state index in [1.54, 1.807) is 17.8 Å². The smallest absolute Gasteiger partial charge is 0.272 e. The molecule has 0 aliphatic heterocycles. The summed E-state index contributed by atoms with van der Waals surface area (Å²) in [6, 6.07) is 1.86. The van der Waals surface area contributed by atoms with E-state index in [-0.39, 0.29) is 5.91 Å². The summed E-state index contributed by atoms with van der Waals surface area (Å²) in [6.07, 6.45) is 3.99. The van der Waals surface area contributed by atoms with Crippen LogP contribution in [0.15, 0.2) is 12.3 Å². The van der Waals surface area contributed by atoms with E-state index in [1.165, 1.54) is 12.8 Å². The Morgan fingerprint density at radius 3 is 2.95 bits per heavy atom. The van der Waals surface area contributed by atoms with E-state index >= 15 is 0 Å². The second kappa shape index (κ2) is 5.16. The first-order valence-corrected chi connectivity index (χ1v) is 6.94. The molecule has 3 rings (SSSR count). The summed E-state index contributed by atoms with van der Waals surface area (Å²) < 4.78 is 1.79. The zero-order chi connectivity index (χ0) is 15.0. The topological polar surface area (TPSA) is 98.7 Å². The third-order valence-corrected chi connectivity index (χ3v) is 3.60. The van der Waals surface area contributed by atoms with Gasteiger partial charge in [0.25, 0.3) is 5.91 Å². The molecule has 0 bridgehead atoms. The zero-order valence-corrected chi connectivity index (χ0v) is 12.1. The van der Waals surface area contributed by atoms with Crippen LogP contribution >= 0.6 is 0 Å². The number of nitrogens with one attached hydrogen (secondary N) is 1. The number of aryl methyl sites for hydroxylation is 2. The van der Waals surface area contributed by atoms with Crippen LogP contribution in [-0.2, 0) is 13.6 Å². The van der Waals surface area contributed by atoms with Gasteiger partial charge in [-0.05, 0) is 25.8 Å². The van der Waals surface area contributed by atoms with Gasteiger partial charge in [-0.1, -0.05) is 0 Å². The summed E-state index contributed by atoms with van der Waals surface area (Å²) in [5.74, 6) is 1.35. The van der Waals surface area contributed by atoms with Gasteiger partial charge in [0.2, 0.25) is 0 Å². The Morgan fingerprint density at radius 2 is 2.29 bits per heavy atom. The van der Waals surface area contributed by atoms with Gasteiger partial charge in [0.05, 0.1) is 0 Å². The summed E-state index contributed by atoms with van der Waals surface area (Å²) in [7, 11) is 1.87. The minimum absolute atomic E-state index is 0.211. The molecule has 0 atom stereocenters. The fourth-order valence-electron chi connectivity index (χ4n) is 2.27. The molecule has 7 heteroatoms. The van der Waals surface area contributed by atoms with Gasteiger partial charge in [0.1, 0.15) is 17.3 Å². The molecule has 3 N–H and O–H groups in total. The lowest BCUT2D eigenvalue weighted by molar-refractivity contribution is 0.0945. The Labute approximate surface area is 122 Å². The lowest BCUT2D eigenvalue weighted by Crippen LogP contribution is -2.24. The van der Waals surface area contributed by atoms with Crippen molar-refractivity contribution >= 4 is 11.7 Å². The van der Waals surface area contributed by atoms with Crippen LogP contribution in [0, 0.1) is 6.92 Å². The van der Waals surface area contributed by atoms with Gasteiger partial charge in [-0.15, -0.1) is 0 Å². The molecule has 0 saturated heterocycles. The van der Waals surface area contributed by atoms with E-state index in [4.69, 9.17) is 5.73 Å². The molecular weight excluding hydrogens is 268 g/mol. The standard InChI is InChI=1S/C14H18N6O/c1-8-16-6-10(13(15)18-8)7-17-14(21)11-5-12(9-3-4-9)20(2)19-11/h5-6,9H,3-4,7H2,1-2H3,(H,17,21)(H2,15,16,18). The van der Waals surface area contributed by atoms with Crippen LogP contribution in [-0.4, -0.2) is 25.7 Å². The van der Waals surface area contributed by atoms with Gasteiger partial charge in [0.15, 0.2) is 0 Å². The van der Waals surface area contributed by atoms with Crippen LogP contribution in [0.3, 0.4) is 0 Å². The molecule has 2 heterocycles. The van der Waals surface area contributed by atoms with Crippen molar-refractivity contribution in [3.8, 4) is 0 Å². The minimum atomic E-state index is -0.211. The maximum atomic E-state index is 12.1. The number of hydrogen-bond acceptors (Lipinski definition) is 5. The Kier molecular flexibility index (Phi) is 3.32. The Balaban J connectivity index is 1.67. The molecule has 0 spiro atoms. The molecule has 0 aromatic carbocycles. The molecule has 0 unspecified atom stereocenters. The quantitative estimate of drug-likeness (QED) is 0.870. The van der Waals surface area contributed by atoms with Crippen molar-refractivity contribution in [1.29, 1.82) is 0 Å². The summed E-state index contributed by atoms with van der Waals surface area (Å²) in [6.45, 7) is 2.06. The van der Waals surface area contributed by atoms with Crippen molar-refractivity contribution in [2.24, 2.45) is 7.05 Å². The van der Waals surface area contributed by atoms with E-state index in [9.17, 15) is 4.79 Å². The number of rotatable bonds is 4. The fourth-order valence-corrected chi connectivity index (χ4v) is 2.27. The number of aromatic nitrogens is 4. The number of nitrogen functional groups attached to an aromatic ring is 1. The van der Waals surface area contributed by atoms with E-state index < -0.39 is 0 Å². The summed E-state index contributed by atoms with van der Waals surface area (Å²) >= 11 is 0. The minimum Gasteiger partial charge on any atom is -0.383 e. The third kappa shape index (κ3) is 2.86. The van der Waals surface area contributed by atoms with Crippen molar-refractivity contribution in [2.45, 2.75) is 32.2 Å². The van der Waals surface area contributed by atoms with E-state index in [1.807, 2.05) is 13.1 Å². The Bertz CT molecular complexity index is 689. The normalized spacial score (nSPS) is 14.2. The van der Waals surface area contributed by atoms with Crippen LogP contribution in [0.5, 0.6) is 0 Å². The monoisotopic (exact) mass is 286 g/mol. The lowest BCUT2D eigenvalue weighted by atomic mass is 10.2. The number of amides is 1. The summed E-state index contributed by atoms with van der Waals surface area (Å²) in [5.41, 5.74) is 8.06. The molecule has 21 heavy (non-hydrogen) atoms. The van der Waals surface area contributed by atoms with Gasteiger partial charge in [-0.25, -0.2) is 9.97 Å². The highest BCUT2D eigenvalue weighted by atomic mass is 16.1. The molecule has 1 aliphatic rings.